The number of benzene rings is 1. The van der Waals surface area contributed by atoms with Crippen molar-refractivity contribution >= 4 is 34.7 Å². The molecule has 0 atom stereocenters. The van der Waals surface area contributed by atoms with Crippen LogP contribution in [0, 0.1) is 0 Å². The molecule has 0 spiro atoms. The maximum absolute atomic E-state index is 12.2. The largest absolute Gasteiger partial charge is 0.324 e. The highest BCUT2D eigenvalue weighted by atomic mass is 32.2. The molecule has 0 bridgehead atoms. The van der Waals surface area contributed by atoms with Crippen molar-refractivity contribution in [2.45, 2.75) is 17.2 Å². The zero-order valence-electron chi connectivity index (χ0n) is 12.1. The van der Waals surface area contributed by atoms with Crippen LogP contribution < -0.4 is 5.32 Å². The number of thioether (sulfide) groups is 1. The van der Waals surface area contributed by atoms with Crippen LogP contribution in [0.1, 0.15) is 0 Å². The lowest BCUT2D eigenvalue weighted by atomic mass is 10.3. The van der Waals surface area contributed by atoms with E-state index in [2.05, 4.69) is 20.7 Å². The molecule has 0 aliphatic heterocycles. The number of hydrogen-bond acceptors (Lipinski definition) is 6. The lowest BCUT2D eigenvalue weighted by Crippen LogP contribution is -2.20. The van der Waals surface area contributed by atoms with Gasteiger partial charge in [0, 0.05) is 21.5 Å². The summed E-state index contributed by atoms with van der Waals surface area (Å²) in [5.41, 5.74) is 1.36. The number of alkyl halides is 2. The molecule has 1 aromatic carbocycles. The quantitative estimate of drug-likeness (QED) is 0.677. The number of thiophene rings is 1. The van der Waals surface area contributed by atoms with Gasteiger partial charge in [0.1, 0.15) is 6.54 Å². The molecule has 2 heterocycles. The van der Waals surface area contributed by atoms with Gasteiger partial charge < -0.3 is 5.32 Å². The third-order valence-corrected chi connectivity index (χ3v) is 4.29. The topological polar surface area (TPSA) is 72.7 Å². The number of carbonyl (C=O) groups excluding carboxylic acids is 1. The van der Waals surface area contributed by atoms with Gasteiger partial charge in [0.25, 0.3) is 5.76 Å². The molecular formula is C14H11F2N5OS2. The summed E-state index contributed by atoms with van der Waals surface area (Å²) in [4.78, 5) is 13.6. The van der Waals surface area contributed by atoms with Crippen LogP contribution in [0.2, 0.25) is 0 Å². The standard InChI is InChI=1S/C14H11F2N5OS2/c15-14(16)24-11-3-1-10(2-4-11)17-12(22)7-21-19-13(18-20-21)9-5-6-23-8-9/h1-6,8,14H,7H2,(H,17,22). The number of aromatic nitrogens is 4. The van der Waals surface area contributed by atoms with E-state index >= 15 is 0 Å². The number of amides is 1. The molecule has 24 heavy (non-hydrogen) atoms. The first kappa shape index (κ1) is 16.5. The van der Waals surface area contributed by atoms with E-state index in [0.29, 0.717) is 28.2 Å². The van der Waals surface area contributed by atoms with E-state index in [-0.39, 0.29) is 12.5 Å². The Bertz CT molecular complexity index is 805. The summed E-state index contributed by atoms with van der Waals surface area (Å²) in [7, 11) is 0. The number of tetrazole rings is 1. The van der Waals surface area contributed by atoms with Gasteiger partial charge in [-0.25, -0.2) is 0 Å². The smallest absolute Gasteiger partial charge is 0.288 e. The predicted octanol–water partition coefficient (Wildman–Crippen LogP) is 3.36. The SMILES string of the molecule is O=C(Cn1nnc(-c2ccsc2)n1)Nc1ccc(SC(F)F)cc1. The molecule has 0 aliphatic rings. The molecule has 2 aromatic heterocycles. The van der Waals surface area contributed by atoms with Crippen LogP contribution in [-0.2, 0) is 11.3 Å². The molecule has 3 rings (SSSR count). The van der Waals surface area contributed by atoms with Gasteiger partial charge in [-0.15, -0.1) is 10.2 Å². The van der Waals surface area contributed by atoms with Gasteiger partial charge in [-0.3, -0.25) is 4.79 Å². The van der Waals surface area contributed by atoms with Crippen molar-refractivity contribution in [3.8, 4) is 11.4 Å². The van der Waals surface area contributed by atoms with E-state index in [0.717, 1.165) is 5.56 Å². The highest BCUT2D eigenvalue weighted by Gasteiger charge is 2.10. The second-order valence-corrected chi connectivity index (χ2v) is 6.45. The molecule has 3 aromatic rings. The van der Waals surface area contributed by atoms with Crippen molar-refractivity contribution in [2.75, 3.05) is 5.32 Å². The Balaban J connectivity index is 1.57. The molecule has 0 radical (unpaired) electrons. The summed E-state index contributed by atoms with van der Waals surface area (Å²) in [5, 5.41) is 18.3. The summed E-state index contributed by atoms with van der Waals surface area (Å²) < 4.78 is 24.5. The van der Waals surface area contributed by atoms with Crippen LogP contribution >= 0.6 is 23.1 Å². The van der Waals surface area contributed by atoms with Crippen molar-refractivity contribution in [1.29, 1.82) is 0 Å². The second kappa shape index (κ2) is 7.49. The molecule has 0 unspecified atom stereocenters. The van der Waals surface area contributed by atoms with E-state index in [1.165, 1.54) is 28.3 Å². The Morgan fingerprint density at radius 1 is 1.29 bits per heavy atom. The normalized spacial score (nSPS) is 11.0. The number of halogens is 2. The number of anilines is 1. The van der Waals surface area contributed by atoms with E-state index in [1.807, 2.05) is 16.8 Å². The monoisotopic (exact) mass is 367 g/mol. The molecule has 0 aliphatic carbocycles. The zero-order chi connectivity index (χ0) is 16.9. The third-order valence-electron chi connectivity index (χ3n) is 2.88. The van der Waals surface area contributed by atoms with Crippen LogP contribution in [-0.4, -0.2) is 31.9 Å². The van der Waals surface area contributed by atoms with Crippen LogP contribution in [0.4, 0.5) is 14.5 Å². The first-order valence-electron chi connectivity index (χ1n) is 6.75. The van der Waals surface area contributed by atoms with Crippen molar-refractivity contribution in [3.05, 3.63) is 41.1 Å². The summed E-state index contributed by atoms with van der Waals surface area (Å²) >= 11 is 1.97. The fraction of sp³-hybridized carbons (Fsp3) is 0.143. The Labute approximate surface area is 143 Å². The molecule has 1 amide bonds. The summed E-state index contributed by atoms with van der Waals surface area (Å²) in [6.45, 7) is -0.0926. The Morgan fingerprint density at radius 2 is 2.08 bits per heavy atom. The number of hydrogen-bond donors (Lipinski definition) is 1. The Morgan fingerprint density at radius 3 is 2.75 bits per heavy atom. The van der Waals surface area contributed by atoms with Gasteiger partial charge in [0.15, 0.2) is 0 Å². The maximum atomic E-state index is 12.2. The minimum absolute atomic E-state index is 0.0926. The van der Waals surface area contributed by atoms with Gasteiger partial charge in [-0.1, -0.05) is 11.8 Å². The lowest BCUT2D eigenvalue weighted by molar-refractivity contribution is -0.117. The first-order valence-corrected chi connectivity index (χ1v) is 8.57. The average molecular weight is 367 g/mol. The lowest BCUT2D eigenvalue weighted by Gasteiger charge is -2.05. The van der Waals surface area contributed by atoms with Gasteiger partial charge in [0.2, 0.25) is 11.7 Å². The second-order valence-electron chi connectivity index (χ2n) is 4.61. The van der Waals surface area contributed by atoms with Gasteiger partial charge >= 0.3 is 0 Å². The Hall–Kier alpha value is -2.33. The van der Waals surface area contributed by atoms with Crippen LogP contribution in [0.3, 0.4) is 0 Å². The summed E-state index contributed by atoms with van der Waals surface area (Å²) in [5.74, 6) is -2.35. The fourth-order valence-corrected chi connectivity index (χ4v) is 3.00. The number of nitrogens with one attached hydrogen (secondary N) is 1. The highest BCUT2D eigenvalue weighted by Crippen LogP contribution is 2.26. The molecule has 0 fully saturated rings. The van der Waals surface area contributed by atoms with Gasteiger partial charge in [-0.05, 0) is 40.9 Å². The van der Waals surface area contributed by atoms with Crippen LogP contribution in [0.25, 0.3) is 11.4 Å². The van der Waals surface area contributed by atoms with Crippen LogP contribution in [0.15, 0.2) is 46.0 Å². The number of nitrogens with zero attached hydrogens (tertiary/aromatic N) is 4. The van der Waals surface area contributed by atoms with Crippen molar-refractivity contribution in [2.24, 2.45) is 0 Å². The van der Waals surface area contributed by atoms with Crippen molar-refractivity contribution in [3.63, 3.8) is 0 Å². The molecule has 10 heteroatoms. The van der Waals surface area contributed by atoms with E-state index in [1.54, 1.807) is 12.1 Å². The predicted molar refractivity (Wildman–Crippen MR) is 88.1 cm³/mol. The Kier molecular flexibility index (Phi) is 5.16. The van der Waals surface area contributed by atoms with E-state index in [9.17, 15) is 13.6 Å². The molecule has 6 nitrogen and oxygen atoms in total. The van der Waals surface area contributed by atoms with Gasteiger partial charge in [0.05, 0.1) is 0 Å². The first-order chi connectivity index (χ1) is 11.6. The fourth-order valence-electron chi connectivity index (χ4n) is 1.87. The van der Waals surface area contributed by atoms with Crippen molar-refractivity contribution < 1.29 is 13.6 Å². The van der Waals surface area contributed by atoms with E-state index < -0.39 is 5.76 Å². The summed E-state index contributed by atoms with van der Waals surface area (Å²) in [6, 6.07) is 8.04. The average Bonchev–Trinajstić information content (AvgIpc) is 3.19. The van der Waals surface area contributed by atoms with Crippen molar-refractivity contribution in [1.82, 2.24) is 20.2 Å². The van der Waals surface area contributed by atoms with Gasteiger partial charge in [-0.2, -0.15) is 24.9 Å². The molecule has 124 valence electrons. The molecule has 0 saturated carbocycles. The van der Waals surface area contributed by atoms with Crippen LogP contribution in [0.5, 0.6) is 0 Å². The molecular weight excluding hydrogens is 356 g/mol. The molecule has 1 N–H and O–H groups in total. The number of carbonyl (C=O) groups is 1. The summed E-state index contributed by atoms with van der Waals surface area (Å²) in [6.07, 6.45) is 0. The number of rotatable bonds is 6. The molecule has 0 saturated heterocycles. The van der Waals surface area contributed by atoms with E-state index in [4.69, 9.17) is 0 Å². The maximum Gasteiger partial charge on any atom is 0.288 e. The minimum Gasteiger partial charge on any atom is -0.324 e. The third kappa shape index (κ3) is 4.36. The minimum atomic E-state index is -2.47. The zero-order valence-corrected chi connectivity index (χ0v) is 13.7. The highest BCUT2D eigenvalue weighted by molar-refractivity contribution is 7.99.